The van der Waals surface area contributed by atoms with E-state index in [0.29, 0.717) is 17.0 Å². The Kier molecular flexibility index (Phi) is 5.28. The van der Waals surface area contributed by atoms with Gasteiger partial charge in [-0.25, -0.2) is 4.79 Å². The molecule has 1 N–H and O–H groups in total. The van der Waals surface area contributed by atoms with Crippen LogP contribution in [0.4, 0.5) is 5.69 Å². The van der Waals surface area contributed by atoms with Gasteiger partial charge in [0.25, 0.3) is 5.91 Å². The molecule has 27 heavy (non-hydrogen) atoms. The molecule has 0 aliphatic rings. The Bertz CT molecular complexity index is 995. The van der Waals surface area contributed by atoms with Gasteiger partial charge < -0.3 is 14.7 Å². The van der Waals surface area contributed by atoms with Crippen LogP contribution in [0.15, 0.2) is 54.6 Å². The summed E-state index contributed by atoms with van der Waals surface area (Å²) >= 11 is 1.15. The van der Waals surface area contributed by atoms with Crippen LogP contribution in [0.25, 0.3) is 10.4 Å². The Morgan fingerprint density at radius 1 is 1.07 bits per heavy atom. The molecular weight excluding hydrogens is 362 g/mol. The van der Waals surface area contributed by atoms with Crippen molar-refractivity contribution >= 4 is 28.9 Å². The zero-order valence-electron chi connectivity index (χ0n) is 15.2. The Labute approximate surface area is 161 Å². The van der Waals surface area contributed by atoms with Crippen LogP contribution in [-0.2, 0) is 0 Å². The first kappa shape index (κ1) is 18.7. The number of aromatic carboxylic acids is 1. The third kappa shape index (κ3) is 3.71. The number of methoxy groups -OCH3 is 1. The second-order valence-electron chi connectivity index (χ2n) is 6.06. The van der Waals surface area contributed by atoms with E-state index in [2.05, 4.69) is 0 Å². The molecule has 2 aromatic carbocycles. The molecule has 1 heterocycles. The van der Waals surface area contributed by atoms with Crippen LogP contribution in [0.1, 0.15) is 25.6 Å². The molecule has 3 rings (SSSR count). The zero-order valence-corrected chi connectivity index (χ0v) is 16.0. The summed E-state index contributed by atoms with van der Waals surface area (Å²) in [5.41, 5.74) is 2.62. The lowest BCUT2D eigenvalue weighted by molar-refractivity contribution is 0.0703. The fraction of sp³-hybridized carbons (Fsp3) is 0.143. The van der Waals surface area contributed by atoms with Crippen molar-refractivity contribution in [1.82, 2.24) is 0 Å². The highest BCUT2D eigenvalue weighted by molar-refractivity contribution is 7.18. The molecule has 0 atom stereocenters. The van der Waals surface area contributed by atoms with Crippen molar-refractivity contribution in [3.05, 3.63) is 70.6 Å². The summed E-state index contributed by atoms with van der Waals surface area (Å²) in [6, 6.07) is 16.5. The Morgan fingerprint density at radius 3 is 2.41 bits per heavy atom. The van der Waals surface area contributed by atoms with Gasteiger partial charge in [0.1, 0.15) is 10.6 Å². The van der Waals surface area contributed by atoms with Gasteiger partial charge in [0.15, 0.2) is 0 Å². The fourth-order valence-corrected chi connectivity index (χ4v) is 3.83. The molecule has 1 aromatic heterocycles. The van der Waals surface area contributed by atoms with Gasteiger partial charge in [0.2, 0.25) is 0 Å². The lowest BCUT2D eigenvalue weighted by atomic mass is 10.1. The summed E-state index contributed by atoms with van der Waals surface area (Å²) in [4.78, 5) is 27.0. The summed E-state index contributed by atoms with van der Waals surface area (Å²) in [5, 5.41) is 9.61. The molecule has 0 saturated heterocycles. The number of carboxylic acid groups (broad SMARTS) is 1. The molecule has 3 aromatic rings. The first-order valence-corrected chi connectivity index (χ1v) is 9.09. The predicted octanol–water partition coefficient (Wildman–Crippen LogP) is 4.71. The molecule has 1 amide bonds. The number of benzene rings is 2. The van der Waals surface area contributed by atoms with Crippen molar-refractivity contribution in [1.29, 1.82) is 0 Å². The largest absolute Gasteiger partial charge is 0.496 e. The molecule has 6 heteroatoms. The van der Waals surface area contributed by atoms with Gasteiger partial charge >= 0.3 is 5.97 Å². The summed E-state index contributed by atoms with van der Waals surface area (Å²) in [6.07, 6.45) is 0. The van der Waals surface area contributed by atoms with E-state index < -0.39 is 5.97 Å². The van der Waals surface area contributed by atoms with Crippen LogP contribution in [0.2, 0.25) is 0 Å². The monoisotopic (exact) mass is 381 g/mol. The molecular formula is C21H19NO4S. The second kappa shape index (κ2) is 7.63. The van der Waals surface area contributed by atoms with Gasteiger partial charge in [-0.1, -0.05) is 36.4 Å². The van der Waals surface area contributed by atoms with Crippen molar-refractivity contribution < 1.29 is 19.4 Å². The van der Waals surface area contributed by atoms with Gasteiger partial charge in [0.05, 0.1) is 18.4 Å². The lowest BCUT2D eigenvalue weighted by Gasteiger charge is -2.18. The minimum atomic E-state index is -1.06. The van der Waals surface area contributed by atoms with Gasteiger partial charge in [0, 0.05) is 11.9 Å². The molecule has 138 valence electrons. The Morgan fingerprint density at radius 2 is 1.78 bits per heavy atom. The molecule has 0 saturated carbocycles. The van der Waals surface area contributed by atoms with Crippen LogP contribution in [0, 0.1) is 6.92 Å². The van der Waals surface area contributed by atoms with Gasteiger partial charge in [-0.15, -0.1) is 11.3 Å². The topological polar surface area (TPSA) is 66.8 Å². The summed E-state index contributed by atoms with van der Waals surface area (Å²) in [6.45, 7) is 1.91. The number of hydrogen-bond acceptors (Lipinski definition) is 4. The first-order valence-electron chi connectivity index (χ1n) is 8.27. The maximum atomic E-state index is 13.0. The summed E-state index contributed by atoms with van der Waals surface area (Å²) in [7, 11) is 3.08. The Hall–Kier alpha value is -3.12. The number of nitrogens with zero attached hydrogens (tertiary/aromatic N) is 1. The highest BCUT2D eigenvalue weighted by Gasteiger charge is 2.25. The van der Waals surface area contributed by atoms with Crippen molar-refractivity contribution in [3.63, 3.8) is 0 Å². The maximum Gasteiger partial charge on any atom is 0.348 e. The number of rotatable bonds is 5. The average molecular weight is 381 g/mol. The number of ether oxygens (including phenoxy) is 1. The number of amides is 1. The van der Waals surface area contributed by atoms with E-state index in [9.17, 15) is 14.7 Å². The van der Waals surface area contributed by atoms with E-state index >= 15 is 0 Å². The zero-order chi connectivity index (χ0) is 19.6. The van der Waals surface area contributed by atoms with Crippen molar-refractivity contribution in [3.8, 4) is 16.2 Å². The number of carbonyl (C=O) groups is 2. The number of hydrogen-bond donors (Lipinski definition) is 1. The van der Waals surface area contributed by atoms with Crippen LogP contribution in [0.3, 0.4) is 0 Å². The smallest absolute Gasteiger partial charge is 0.348 e. The van der Waals surface area contributed by atoms with E-state index in [0.717, 1.165) is 27.3 Å². The first-order chi connectivity index (χ1) is 12.9. The third-order valence-electron chi connectivity index (χ3n) is 4.22. The fourth-order valence-electron chi connectivity index (χ4n) is 2.79. The van der Waals surface area contributed by atoms with Crippen LogP contribution in [-0.4, -0.2) is 31.1 Å². The second-order valence-corrected chi connectivity index (χ2v) is 7.12. The number of carboxylic acids is 1. The SMILES string of the molecule is COc1cc(C)ccc1C(=O)N(C)c1cc(-c2ccccc2)sc1C(=O)O. The normalized spacial score (nSPS) is 10.5. The third-order valence-corrected chi connectivity index (χ3v) is 5.38. The molecule has 0 aliphatic carbocycles. The molecule has 0 radical (unpaired) electrons. The van der Waals surface area contributed by atoms with Crippen molar-refractivity contribution in [2.45, 2.75) is 6.92 Å². The minimum Gasteiger partial charge on any atom is -0.496 e. The van der Waals surface area contributed by atoms with Gasteiger partial charge in [-0.05, 0) is 36.2 Å². The quantitative estimate of drug-likeness (QED) is 0.695. The standard InChI is InChI=1S/C21H19NO4S/c1-13-9-10-15(17(11-13)26-3)20(23)22(2)16-12-18(27-19(16)21(24)25)14-7-5-4-6-8-14/h4-12H,1-3H3,(H,24,25). The van der Waals surface area contributed by atoms with Crippen molar-refractivity contribution in [2.75, 3.05) is 19.1 Å². The van der Waals surface area contributed by atoms with E-state index in [1.807, 2.05) is 43.3 Å². The van der Waals surface area contributed by atoms with E-state index in [1.54, 1.807) is 25.2 Å². The van der Waals surface area contributed by atoms with Gasteiger partial charge in [-0.2, -0.15) is 0 Å². The average Bonchev–Trinajstić information content (AvgIpc) is 3.13. The van der Waals surface area contributed by atoms with Crippen molar-refractivity contribution in [2.24, 2.45) is 0 Å². The number of thiophene rings is 1. The molecule has 0 bridgehead atoms. The van der Waals surface area contributed by atoms with E-state index in [1.165, 1.54) is 12.0 Å². The highest BCUT2D eigenvalue weighted by Crippen LogP contribution is 2.37. The predicted molar refractivity (Wildman–Crippen MR) is 107 cm³/mol. The van der Waals surface area contributed by atoms with Crippen LogP contribution in [0.5, 0.6) is 5.75 Å². The summed E-state index contributed by atoms with van der Waals surface area (Å²) in [5.74, 6) is -0.929. The molecule has 0 spiro atoms. The molecule has 0 fully saturated rings. The van der Waals surface area contributed by atoms with Crippen LogP contribution >= 0.6 is 11.3 Å². The van der Waals surface area contributed by atoms with Gasteiger partial charge in [-0.3, -0.25) is 4.79 Å². The molecule has 5 nitrogen and oxygen atoms in total. The van der Waals surface area contributed by atoms with Crippen LogP contribution < -0.4 is 9.64 Å². The number of aryl methyl sites for hydroxylation is 1. The molecule has 0 unspecified atom stereocenters. The van der Waals surface area contributed by atoms with E-state index in [4.69, 9.17) is 4.74 Å². The number of anilines is 1. The maximum absolute atomic E-state index is 13.0. The summed E-state index contributed by atoms with van der Waals surface area (Å²) < 4.78 is 5.32. The Balaban J connectivity index is 2.04. The van der Waals surface area contributed by atoms with E-state index in [-0.39, 0.29) is 10.8 Å². The highest BCUT2D eigenvalue weighted by atomic mass is 32.1. The number of carbonyl (C=O) groups excluding carboxylic acids is 1. The molecule has 0 aliphatic heterocycles. The minimum absolute atomic E-state index is 0.121. The lowest BCUT2D eigenvalue weighted by Crippen LogP contribution is -2.27.